The minimum Gasteiger partial charge on any atom is -0.550 e. The smallest absolute Gasteiger partial charge is 0.311 e. The number of fused-ring (bicyclic) bond motifs is 1. The lowest BCUT2D eigenvalue weighted by molar-refractivity contribution is -0.307. The van der Waals surface area contributed by atoms with Gasteiger partial charge in [0.1, 0.15) is 6.10 Å². The van der Waals surface area contributed by atoms with E-state index in [9.17, 15) is 24.9 Å². The molecule has 0 saturated heterocycles. The van der Waals surface area contributed by atoms with Crippen molar-refractivity contribution in [3.63, 3.8) is 0 Å². The average Bonchev–Trinajstić information content (AvgIpc) is 2.66. The van der Waals surface area contributed by atoms with Gasteiger partial charge >= 0.3 is 5.97 Å². The highest BCUT2D eigenvalue weighted by atomic mass is 16.5. The third kappa shape index (κ3) is 7.42. The predicted molar refractivity (Wildman–Crippen MR) is 123 cm³/mol. The van der Waals surface area contributed by atoms with E-state index in [0.717, 1.165) is 6.42 Å². The summed E-state index contributed by atoms with van der Waals surface area (Å²) in [5, 5.41) is 30.8. The Morgan fingerprint density at radius 1 is 1.25 bits per heavy atom. The van der Waals surface area contributed by atoms with Crippen LogP contribution >= 0.6 is 0 Å². The van der Waals surface area contributed by atoms with Crippen LogP contribution in [0.2, 0.25) is 0 Å². The highest BCUT2D eigenvalue weighted by Crippen LogP contribution is 2.45. The summed E-state index contributed by atoms with van der Waals surface area (Å²) < 4.78 is 6.09. The first-order valence-electron chi connectivity index (χ1n) is 11.6. The number of hydrogen-bond acceptors (Lipinski definition) is 6. The van der Waals surface area contributed by atoms with Crippen molar-refractivity contribution >= 4 is 11.9 Å². The molecule has 7 heteroatoms. The van der Waals surface area contributed by atoms with Crippen molar-refractivity contribution in [1.82, 2.24) is 6.15 Å². The fourth-order valence-corrected chi connectivity index (χ4v) is 4.76. The molecule has 0 aromatic rings. The first-order valence-corrected chi connectivity index (χ1v) is 11.6. The number of carbonyl (C=O) groups is 2. The fraction of sp³-hybridized carbons (Fsp3) is 0.760. The van der Waals surface area contributed by atoms with Gasteiger partial charge in [-0.3, -0.25) is 4.79 Å². The summed E-state index contributed by atoms with van der Waals surface area (Å²) in [4.78, 5) is 23.5. The van der Waals surface area contributed by atoms with Gasteiger partial charge in [0.25, 0.3) is 0 Å². The van der Waals surface area contributed by atoms with Crippen LogP contribution in [0.1, 0.15) is 73.1 Å². The Kier molecular flexibility index (Phi) is 10.6. The first-order chi connectivity index (χ1) is 14.4. The third-order valence-corrected chi connectivity index (χ3v) is 7.07. The SMILES string of the molecule is CCC(C)(C)C(=O)O[C@@H]1C[C@H](C)C=C2C=C[C@@H](C)[C@@H](CC[C@H](O)C[C@H](O)CC(=O)[O-])[C@@H]21.[NH4+]. The third-order valence-electron chi connectivity index (χ3n) is 7.07. The fourth-order valence-electron chi connectivity index (χ4n) is 4.76. The molecule has 0 aromatic heterocycles. The molecule has 0 amide bonds. The maximum Gasteiger partial charge on any atom is 0.311 e. The van der Waals surface area contributed by atoms with Gasteiger partial charge in [-0.25, -0.2) is 0 Å². The van der Waals surface area contributed by atoms with Crippen LogP contribution in [-0.4, -0.2) is 40.5 Å². The van der Waals surface area contributed by atoms with Crippen molar-refractivity contribution in [1.29, 1.82) is 0 Å². The predicted octanol–water partition coefficient (Wildman–Crippen LogP) is 3.15. The van der Waals surface area contributed by atoms with E-state index >= 15 is 0 Å². The molecular formula is C25H43NO6. The largest absolute Gasteiger partial charge is 0.550 e. The van der Waals surface area contributed by atoms with E-state index in [4.69, 9.17) is 4.74 Å². The molecule has 0 radical (unpaired) electrons. The van der Waals surface area contributed by atoms with E-state index < -0.39 is 30.0 Å². The lowest BCUT2D eigenvalue weighted by Gasteiger charge is -2.44. The van der Waals surface area contributed by atoms with Crippen molar-refractivity contribution in [2.45, 2.75) is 91.5 Å². The molecule has 7 nitrogen and oxygen atoms in total. The summed E-state index contributed by atoms with van der Waals surface area (Å²) >= 11 is 0. The number of aliphatic hydroxyl groups is 2. The second kappa shape index (κ2) is 12.0. The molecular weight excluding hydrogens is 410 g/mol. The molecule has 2 rings (SSSR count). The normalized spacial score (nSPS) is 29.2. The van der Waals surface area contributed by atoms with E-state index in [1.165, 1.54) is 5.57 Å². The Morgan fingerprint density at radius 2 is 1.91 bits per heavy atom. The van der Waals surface area contributed by atoms with E-state index in [-0.39, 0.29) is 42.4 Å². The summed E-state index contributed by atoms with van der Waals surface area (Å²) in [7, 11) is 0. The molecule has 0 aliphatic heterocycles. The minimum atomic E-state index is -1.32. The number of esters is 1. The average molecular weight is 454 g/mol. The Balaban J connectivity index is 0.00000512. The zero-order valence-electron chi connectivity index (χ0n) is 20.5. The second-order valence-corrected chi connectivity index (χ2v) is 10.2. The van der Waals surface area contributed by atoms with Gasteiger partial charge in [0.2, 0.25) is 0 Å². The molecule has 0 spiro atoms. The quantitative estimate of drug-likeness (QED) is 0.434. The van der Waals surface area contributed by atoms with Gasteiger partial charge in [-0.1, -0.05) is 39.0 Å². The number of carbonyl (C=O) groups excluding carboxylic acids is 2. The van der Waals surface area contributed by atoms with Crippen molar-refractivity contribution in [3.8, 4) is 0 Å². The van der Waals surface area contributed by atoms with Gasteiger partial charge in [0.05, 0.1) is 17.6 Å². The Bertz CT molecular complexity index is 701. The van der Waals surface area contributed by atoms with Gasteiger partial charge in [-0.2, -0.15) is 0 Å². The summed E-state index contributed by atoms with van der Waals surface area (Å²) in [5.41, 5.74) is 0.669. The monoisotopic (exact) mass is 453 g/mol. The number of aliphatic hydroxyl groups excluding tert-OH is 2. The maximum atomic E-state index is 12.8. The molecule has 7 atom stereocenters. The number of rotatable bonds is 10. The molecule has 0 fully saturated rings. The number of ether oxygens (including phenoxy) is 1. The van der Waals surface area contributed by atoms with Crippen LogP contribution in [0.15, 0.2) is 23.8 Å². The number of hydrogen-bond donors (Lipinski definition) is 3. The molecule has 0 bridgehead atoms. The van der Waals surface area contributed by atoms with Crippen LogP contribution in [0.25, 0.3) is 0 Å². The number of carboxylic acids is 1. The number of aliphatic carboxylic acids is 1. The second-order valence-electron chi connectivity index (χ2n) is 10.2. The van der Waals surface area contributed by atoms with Gasteiger partial charge < -0.3 is 31.0 Å². The highest BCUT2D eigenvalue weighted by molar-refractivity contribution is 5.76. The topological polar surface area (TPSA) is 143 Å². The number of allylic oxidation sites excluding steroid dienone is 3. The Labute approximate surface area is 192 Å². The van der Waals surface area contributed by atoms with E-state index in [1.807, 2.05) is 20.8 Å². The molecule has 0 saturated carbocycles. The molecule has 2 aliphatic carbocycles. The summed E-state index contributed by atoms with van der Waals surface area (Å²) in [6.45, 7) is 10.1. The number of carboxylic acid groups (broad SMARTS) is 1. The molecule has 0 aromatic carbocycles. The Morgan fingerprint density at radius 3 is 2.50 bits per heavy atom. The minimum absolute atomic E-state index is 0. The van der Waals surface area contributed by atoms with Crippen LogP contribution < -0.4 is 11.3 Å². The van der Waals surface area contributed by atoms with Crippen LogP contribution in [0.5, 0.6) is 0 Å². The van der Waals surface area contributed by atoms with Crippen LogP contribution in [-0.2, 0) is 14.3 Å². The van der Waals surface area contributed by atoms with Crippen molar-refractivity contribution < 1.29 is 29.6 Å². The van der Waals surface area contributed by atoms with Gasteiger partial charge in [-0.15, -0.1) is 0 Å². The summed E-state index contributed by atoms with van der Waals surface area (Å²) in [5.74, 6) is -0.641. The molecule has 184 valence electrons. The Hall–Kier alpha value is -1.70. The summed E-state index contributed by atoms with van der Waals surface area (Å²) in [6.07, 6.45) is 6.66. The van der Waals surface area contributed by atoms with E-state index in [1.54, 1.807) is 0 Å². The first kappa shape index (κ1) is 28.3. The van der Waals surface area contributed by atoms with Crippen molar-refractivity contribution in [2.75, 3.05) is 0 Å². The summed E-state index contributed by atoms with van der Waals surface area (Å²) in [6, 6.07) is 0. The molecule has 6 N–H and O–H groups in total. The van der Waals surface area contributed by atoms with Crippen LogP contribution in [0, 0.1) is 29.1 Å². The van der Waals surface area contributed by atoms with Gasteiger partial charge in [-0.05, 0) is 69.3 Å². The molecule has 0 unspecified atom stereocenters. The van der Waals surface area contributed by atoms with Crippen LogP contribution in [0.3, 0.4) is 0 Å². The van der Waals surface area contributed by atoms with E-state index in [0.29, 0.717) is 25.2 Å². The molecule has 32 heavy (non-hydrogen) atoms. The highest BCUT2D eigenvalue weighted by Gasteiger charge is 2.42. The van der Waals surface area contributed by atoms with Crippen molar-refractivity contribution in [3.05, 3.63) is 23.8 Å². The standard InChI is InChI=1S/C25H40O6.H3N/c1-6-25(4,5)24(30)31-21-12-15(2)11-17-8-7-16(3)20(23(17)21)10-9-18(26)13-19(27)14-22(28)29;/h7-8,11,15-16,18-21,23,26-27H,6,9-10,12-14H2,1-5H3,(H,28,29);1H3/t15-,16-,18+,19+,20-,21-,23-;/m1./s1. The zero-order chi connectivity index (χ0) is 23.3. The van der Waals surface area contributed by atoms with Crippen molar-refractivity contribution in [2.24, 2.45) is 29.1 Å². The number of quaternary nitrogens is 1. The van der Waals surface area contributed by atoms with Gasteiger partial charge in [0.15, 0.2) is 0 Å². The zero-order valence-corrected chi connectivity index (χ0v) is 20.5. The van der Waals surface area contributed by atoms with Crippen LogP contribution in [0.4, 0.5) is 0 Å². The lowest BCUT2D eigenvalue weighted by Crippen LogP contribution is -2.43. The lowest BCUT2D eigenvalue weighted by atomic mass is 9.65. The molecule has 2 aliphatic rings. The van der Waals surface area contributed by atoms with Gasteiger partial charge in [0, 0.05) is 18.3 Å². The maximum absolute atomic E-state index is 12.8. The molecule has 0 heterocycles. The van der Waals surface area contributed by atoms with E-state index in [2.05, 4.69) is 32.1 Å².